The molecule has 0 fully saturated rings. The van der Waals surface area contributed by atoms with Crippen molar-refractivity contribution >= 4 is 17.8 Å². The minimum Gasteiger partial charge on any atom is -0.497 e. The van der Waals surface area contributed by atoms with Crippen LogP contribution < -0.4 is 15.4 Å². The number of esters is 1. The van der Waals surface area contributed by atoms with Crippen LogP contribution in [0.2, 0.25) is 0 Å². The van der Waals surface area contributed by atoms with Crippen LogP contribution in [0.4, 0.5) is 0 Å². The Labute approximate surface area is 176 Å². The van der Waals surface area contributed by atoms with Crippen LogP contribution in [0.15, 0.2) is 54.6 Å². The van der Waals surface area contributed by atoms with Gasteiger partial charge in [-0.15, -0.1) is 0 Å². The van der Waals surface area contributed by atoms with Gasteiger partial charge in [-0.1, -0.05) is 37.3 Å². The van der Waals surface area contributed by atoms with Crippen LogP contribution in [-0.4, -0.2) is 44.1 Å². The number of ether oxygens (including phenoxy) is 2. The minimum atomic E-state index is -0.955. The van der Waals surface area contributed by atoms with Gasteiger partial charge in [-0.05, 0) is 43.2 Å². The molecule has 2 rings (SSSR count). The Morgan fingerprint density at radius 3 is 2.23 bits per heavy atom. The van der Waals surface area contributed by atoms with E-state index in [4.69, 9.17) is 9.47 Å². The molecule has 0 unspecified atom stereocenters. The van der Waals surface area contributed by atoms with E-state index in [2.05, 4.69) is 17.6 Å². The van der Waals surface area contributed by atoms with Crippen molar-refractivity contribution in [3.8, 4) is 5.75 Å². The highest BCUT2D eigenvalue weighted by Crippen LogP contribution is 2.18. The molecule has 0 aromatic heterocycles. The number of hydrogen-bond acceptors (Lipinski definition) is 5. The molecule has 0 heterocycles. The Bertz CT molecular complexity index is 836. The fourth-order valence-electron chi connectivity index (χ4n) is 2.88. The quantitative estimate of drug-likeness (QED) is 0.585. The van der Waals surface area contributed by atoms with Crippen molar-refractivity contribution in [1.29, 1.82) is 0 Å². The monoisotopic (exact) mass is 412 g/mol. The molecule has 30 heavy (non-hydrogen) atoms. The first kappa shape index (κ1) is 22.9. The van der Waals surface area contributed by atoms with Gasteiger partial charge in [-0.2, -0.15) is 0 Å². The fraction of sp³-hybridized carbons (Fsp3) is 0.348. The van der Waals surface area contributed by atoms with Crippen LogP contribution in [0.3, 0.4) is 0 Å². The van der Waals surface area contributed by atoms with Gasteiger partial charge in [0.2, 0.25) is 0 Å². The van der Waals surface area contributed by atoms with E-state index in [1.165, 1.54) is 14.0 Å². The Morgan fingerprint density at radius 2 is 1.63 bits per heavy atom. The zero-order chi connectivity index (χ0) is 21.9. The molecule has 7 nitrogen and oxygen atoms in total. The second-order valence-corrected chi connectivity index (χ2v) is 6.80. The Hall–Kier alpha value is -3.35. The average Bonchev–Trinajstić information content (AvgIpc) is 2.78. The van der Waals surface area contributed by atoms with Crippen LogP contribution in [0.1, 0.15) is 42.1 Å². The lowest BCUT2D eigenvalue weighted by molar-refractivity contribution is -0.153. The SMILES string of the molecule is CC[C@@H](CNC(=O)[C@H](C)OC(=O)CNC(=O)c1ccc(OC)cc1)c1ccccc1. The number of benzene rings is 2. The number of rotatable bonds is 10. The van der Waals surface area contributed by atoms with Gasteiger partial charge >= 0.3 is 5.97 Å². The predicted octanol–water partition coefficient (Wildman–Crippen LogP) is 2.67. The first-order chi connectivity index (χ1) is 14.4. The smallest absolute Gasteiger partial charge is 0.326 e. The molecule has 0 spiro atoms. The summed E-state index contributed by atoms with van der Waals surface area (Å²) >= 11 is 0. The maximum absolute atomic E-state index is 12.3. The van der Waals surface area contributed by atoms with Crippen molar-refractivity contribution in [2.24, 2.45) is 0 Å². The Balaban J connectivity index is 1.75. The normalized spacial score (nSPS) is 12.4. The molecule has 0 saturated carbocycles. The van der Waals surface area contributed by atoms with Crippen LogP contribution in [0.5, 0.6) is 5.75 Å². The summed E-state index contributed by atoms with van der Waals surface area (Å²) in [6.45, 7) is 3.68. The third kappa shape index (κ3) is 6.92. The van der Waals surface area contributed by atoms with Gasteiger partial charge in [0.15, 0.2) is 6.10 Å². The zero-order valence-corrected chi connectivity index (χ0v) is 17.5. The van der Waals surface area contributed by atoms with Gasteiger partial charge in [0.25, 0.3) is 11.8 Å². The van der Waals surface area contributed by atoms with Crippen molar-refractivity contribution in [2.45, 2.75) is 32.3 Å². The van der Waals surface area contributed by atoms with Gasteiger partial charge in [-0.25, -0.2) is 0 Å². The average molecular weight is 412 g/mol. The first-order valence-electron chi connectivity index (χ1n) is 9.89. The summed E-state index contributed by atoms with van der Waals surface area (Å²) < 4.78 is 10.2. The summed E-state index contributed by atoms with van der Waals surface area (Å²) in [5.74, 6) is -0.667. The van der Waals surface area contributed by atoms with Gasteiger partial charge < -0.3 is 20.1 Å². The molecule has 0 bridgehead atoms. The van der Waals surface area contributed by atoms with Gasteiger partial charge in [0, 0.05) is 18.0 Å². The van der Waals surface area contributed by atoms with Gasteiger partial charge in [0.1, 0.15) is 12.3 Å². The van der Waals surface area contributed by atoms with Gasteiger partial charge in [-0.3, -0.25) is 14.4 Å². The number of amides is 2. The van der Waals surface area contributed by atoms with Crippen molar-refractivity contribution in [1.82, 2.24) is 10.6 Å². The van der Waals surface area contributed by atoms with Crippen LogP contribution in [-0.2, 0) is 14.3 Å². The molecule has 160 valence electrons. The minimum absolute atomic E-state index is 0.182. The predicted molar refractivity (Wildman–Crippen MR) is 113 cm³/mol. The molecule has 0 aliphatic heterocycles. The maximum Gasteiger partial charge on any atom is 0.326 e. The number of nitrogens with one attached hydrogen (secondary N) is 2. The lowest BCUT2D eigenvalue weighted by Crippen LogP contribution is -2.40. The molecule has 2 N–H and O–H groups in total. The molecule has 7 heteroatoms. The highest BCUT2D eigenvalue weighted by atomic mass is 16.5. The van der Waals surface area contributed by atoms with Crippen molar-refractivity contribution in [3.05, 3.63) is 65.7 Å². The number of carbonyl (C=O) groups excluding carboxylic acids is 3. The Kier molecular flexibility index (Phi) is 8.87. The number of hydrogen-bond donors (Lipinski definition) is 2. The second-order valence-electron chi connectivity index (χ2n) is 6.80. The number of methoxy groups -OCH3 is 1. The standard InChI is InChI=1S/C23H28N2O5/c1-4-17(18-8-6-5-7-9-18)14-24-22(27)16(2)30-21(26)15-25-23(28)19-10-12-20(29-3)13-11-19/h5-13,16-17H,4,14-15H2,1-3H3,(H,24,27)(H,25,28)/t16-,17-/m0/s1. The first-order valence-corrected chi connectivity index (χ1v) is 9.89. The number of carbonyl (C=O) groups is 3. The molecule has 0 aliphatic rings. The van der Waals surface area contributed by atoms with Crippen LogP contribution in [0.25, 0.3) is 0 Å². The summed E-state index contributed by atoms with van der Waals surface area (Å²) in [6, 6.07) is 16.4. The van der Waals surface area contributed by atoms with E-state index in [0.717, 1.165) is 12.0 Å². The summed E-state index contributed by atoms with van der Waals surface area (Å²) in [7, 11) is 1.53. The third-order valence-corrected chi connectivity index (χ3v) is 4.71. The van der Waals surface area contributed by atoms with E-state index in [9.17, 15) is 14.4 Å². The van der Waals surface area contributed by atoms with Crippen LogP contribution in [0, 0.1) is 0 Å². The molecule has 2 aromatic rings. The van der Waals surface area contributed by atoms with E-state index in [0.29, 0.717) is 17.9 Å². The van der Waals surface area contributed by atoms with E-state index in [1.807, 2.05) is 30.3 Å². The molecule has 0 saturated heterocycles. The van der Waals surface area contributed by atoms with E-state index < -0.39 is 18.0 Å². The topological polar surface area (TPSA) is 93.7 Å². The van der Waals surface area contributed by atoms with Crippen molar-refractivity contribution < 1.29 is 23.9 Å². The maximum atomic E-state index is 12.3. The molecule has 0 aliphatic carbocycles. The highest BCUT2D eigenvalue weighted by Gasteiger charge is 2.19. The third-order valence-electron chi connectivity index (χ3n) is 4.71. The molecule has 2 aromatic carbocycles. The second kappa shape index (κ2) is 11.6. The molecular formula is C23H28N2O5. The van der Waals surface area contributed by atoms with Crippen molar-refractivity contribution in [3.63, 3.8) is 0 Å². The van der Waals surface area contributed by atoms with E-state index in [-0.39, 0.29) is 18.4 Å². The largest absolute Gasteiger partial charge is 0.497 e. The molecule has 2 amide bonds. The molecule has 0 radical (unpaired) electrons. The summed E-state index contributed by atoms with van der Waals surface area (Å²) in [4.78, 5) is 36.3. The fourth-order valence-corrected chi connectivity index (χ4v) is 2.88. The molecule has 2 atom stereocenters. The lowest BCUT2D eigenvalue weighted by atomic mass is 9.96. The van der Waals surface area contributed by atoms with Crippen molar-refractivity contribution in [2.75, 3.05) is 20.2 Å². The van der Waals surface area contributed by atoms with E-state index >= 15 is 0 Å². The summed E-state index contributed by atoms with van der Waals surface area (Å²) in [5, 5.41) is 5.30. The summed E-state index contributed by atoms with van der Waals surface area (Å²) in [5.41, 5.74) is 1.53. The van der Waals surface area contributed by atoms with Crippen LogP contribution >= 0.6 is 0 Å². The zero-order valence-electron chi connectivity index (χ0n) is 17.5. The summed E-state index contributed by atoms with van der Waals surface area (Å²) in [6.07, 6.45) is -0.0841. The Morgan fingerprint density at radius 1 is 0.967 bits per heavy atom. The lowest BCUT2D eigenvalue weighted by Gasteiger charge is -2.18. The molecular weight excluding hydrogens is 384 g/mol. The van der Waals surface area contributed by atoms with Gasteiger partial charge in [0.05, 0.1) is 7.11 Å². The highest BCUT2D eigenvalue weighted by molar-refractivity contribution is 5.96. The van der Waals surface area contributed by atoms with E-state index in [1.54, 1.807) is 24.3 Å².